The predicted octanol–water partition coefficient (Wildman–Crippen LogP) is -0.561. The van der Waals surface area contributed by atoms with Crippen LogP contribution in [0, 0.1) is 5.41 Å². The molecule has 0 saturated carbocycles. The van der Waals surface area contributed by atoms with Crippen LogP contribution >= 0.6 is 37.2 Å². The van der Waals surface area contributed by atoms with Crippen molar-refractivity contribution in [3.63, 3.8) is 0 Å². The van der Waals surface area contributed by atoms with Gasteiger partial charge < -0.3 is 37.5 Å². The molecular formula is C15H36Cl3N7O3. The zero-order valence-corrected chi connectivity index (χ0v) is 18.7. The molecule has 0 saturated heterocycles. The second kappa shape index (κ2) is 24.0. The van der Waals surface area contributed by atoms with Gasteiger partial charge in [-0.25, -0.2) is 0 Å². The van der Waals surface area contributed by atoms with Gasteiger partial charge in [0.05, 0.1) is 0 Å². The Balaban J connectivity index is -0.000000960. The first-order chi connectivity index (χ1) is 12.0. The number of amides is 2. The maximum atomic E-state index is 12.0. The van der Waals surface area contributed by atoms with Gasteiger partial charge in [-0.3, -0.25) is 15.0 Å². The molecule has 0 fully saturated rings. The van der Waals surface area contributed by atoms with Gasteiger partial charge in [0.2, 0.25) is 12.1 Å². The van der Waals surface area contributed by atoms with Crippen LogP contribution in [0.25, 0.3) is 0 Å². The number of nitrogens with two attached hydrogens (primary N) is 2. The van der Waals surface area contributed by atoms with E-state index in [0.29, 0.717) is 26.1 Å². The number of unbranched alkanes of at least 4 members (excludes halogenated alkanes) is 1. The topological polar surface area (TPSA) is 167 Å². The summed E-state index contributed by atoms with van der Waals surface area (Å²) >= 11 is 0. The number of ether oxygens (including phenoxy) is 1. The highest BCUT2D eigenvalue weighted by atomic mass is 35.5. The van der Waals surface area contributed by atoms with Crippen LogP contribution in [-0.4, -0.2) is 63.8 Å². The summed E-state index contributed by atoms with van der Waals surface area (Å²) in [6.45, 7) is 3.42. The SMILES string of the molecule is COC(NC(=O)CCCNC(=N)N)C(=O)NCCCCNCCCN.Cl.Cl.Cl. The average molecular weight is 469 g/mol. The quantitative estimate of drug-likeness (QED) is 0.0731. The minimum Gasteiger partial charge on any atom is -0.370 e. The summed E-state index contributed by atoms with van der Waals surface area (Å²) in [6.07, 6.45) is 2.44. The molecule has 28 heavy (non-hydrogen) atoms. The van der Waals surface area contributed by atoms with E-state index in [1.165, 1.54) is 7.11 Å². The van der Waals surface area contributed by atoms with Crippen LogP contribution in [0.4, 0.5) is 0 Å². The lowest BCUT2D eigenvalue weighted by molar-refractivity contribution is -0.139. The zero-order chi connectivity index (χ0) is 18.9. The minimum absolute atomic E-state index is 0. The fraction of sp³-hybridized carbons (Fsp3) is 0.800. The van der Waals surface area contributed by atoms with Gasteiger partial charge in [0.25, 0.3) is 5.91 Å². The molecule has 0 aromatic heterocycles. The highest BCUT2D eigenvalue weighted by Gasteiger charge is 2.19. The highest BCUT2D eigenvalue weighted by Crippen LogP contribution is 1.93. The lowest BCUT2D eigenvalue weighted by Gasteiger charge is -2.17. The minimum atomic E-state index is -1.00. The summed E-state index contributed by atoms with van der Waals surface area (Å²) in [5, 5.41) is 18.1. The van der Waals surface area contributed by atoms with Gasteiger partial charge in [-0.1, -0.05) is 0 Å². The predicted molar refractivity (Wildman–Crippen MR) is 119 cm³/mol. The first-order valence-electron chi connectivity index (χ1n) is 8.59. The molecule has 13 heteroatoms. The third-order valence-electron chi connectivity index (χ3n) is 3.30. The van der Waals surface area contributed by atoms with E-state index in [9.17, 15) is 9.59 Å². The number of hydrogen-bond acceptors (Lipinski definition) is 6. The third-order valence-corrected chi connectivity index (χ3v) is 3.30. The van der Waals surface area contributed by atoms with E-state index in [4.69, 9.17) is 21.6 Å². The van der Waals surface area contributed by atoms with E-state index in [2.05, 4.69) is 21.3 Å². The standard InChI is InChI=1S/C15H33N7O3.3ClH/c1-25-14(22-12(23)6-4-11-21-15(17)18)13(24)20-10-3-2-8-19-9-5-7-16;;;/h14,19H,2-11,16H2,1H3,(H,20,24)(H,22,23)(H4,17,18,21);3*1H. The van der Waals surface area contributed by atoms with Crippen LogP contribution in [0.5, 0.6) is 0 Å². The number of rotatable bonds is 15. The van der Waals surface area contributed by atoms with Crippen LogP contribution in [-0.2, 0) is 14.3 Å². The molecule has 1 atom stereocenters. The zero-order valence-electron chi connectivity index (χ0n) is 16.3. The highest BCUT2D eigenvalue weighted by molar-refractivity contribution is 5.86. The van der Waals surface area contributed by atoms with Crippen LogP contribution in [0.1, 0.15) is 32.1 Å². The van der Waals surface area contributed by atoms with Crippen LogP contribution in [0.15, 0.2) is 0 Å². The second-order valence-electron chi connectivity index (χ2n) is 5.52. The van der Waals surface area contributed by atoms with E-state index >= 15 is 0 Å². The van der Waals surface area contributed by atoms with Crippen LogP contribution < -0.4 is 32.7 Å². The number of guanidine groups is 1. The Kier molecular flexibility index (Phi) is 29.5. The van der Waals surface area contributed by atoms with Gasteiger partial charge in [-0.2, -0.15) is 0 Å². The smallest absolute Gasteiger partial charge is 0.270 e. The van der Waals surface area contributed by atoms with Gasteiger partial charge in [0.15, 0.2) is 5.96 Å². The van der Waals surface area contributed by atoms with Gasteiger partial charge in [0, 0.05) is 26.6 Å². The normalized spacial score (nSPS) is 10.4. The number of nitrogens with one attached hydrogen (secondary N) is 5. The van der Waals surface area contributed by atoms with Crippen molar-refractivity contribution in [3.05, 3.63) is 0 Å². The Morgan fingerprint density at radius 3 is 2.11 bits per heavy atom. The molecule has 0 heterocycles. The number of carbonyl (C=O) groups excluding carboxylic acids is 2. The van der Waals surface area contributed by atoms with Gasteiger partial charge >= 0.3 is 0 Å². The molecule has 0 aliphatic carbocycles. The molecule has 170 valence electrons. The van der Waals surface area contributed by atoms with E-state index in [-0.39, 0.29) is 61.4 Å². The molecule has 0 aromatic carbocycles. The number of methoxy groups -OCH3 is 1. The Hall–Kier alpha value is -1.04. The molecule has 0 bridgehead atoms. The fourth-order valence-corrected chi connectivity index (χ4v) is 1.95. The van der Waals surface area contributed by atoms with E-state index in [0.717, 1.165) is 32.4 Å². The monoisotopic (exact) mass is 467 g/mol. The van der Waals surface area contributed by atoms with E-state index in [1.807, 2.05) is 0 Å². The van der Waals surface area contributed by atoms with Crippen molar-refractivity contribution in [2.45, 2.75) is 38.3 Å². The molecule has 0 aliphatic rings. The summed E-state index contributed by atoms with van der Waals surface area (Å²) in [5.74, 6) is -0.797. The van der Waals surface area contributed by atoms with Crippen LogP contribution in [0.3, 0.4) is 0 Å². The van der Waals surface area contributed by atoms with Crippen molar-refractivity contribution in [1.29, 1.82) is 5.41 Å². The summed E-state index contributed by atoms with van der Waals surface area (Å²) in [7, 11) is 1.36. The number of hydrogen-bond donors (Lipinski definition) is 7. The summed E-state index contributed by atoms with van der Waals surface area (Å²) in [4.78, 5) is 23.7. The average Bonchev–Trinajstić information content (AvgIpc) is 2.58. The largest absolute Gasteiger partial charge is 0.370 e. The van der Waals surface area contributed by atoms with Crippen LogP contribution in [0.2, 0.25) is 0 Å². The third kappa shape index (κ3) is 21.3. The van der Waals surface area contributed by atoms with Crippen molar-refractivity contribution in [3.8, 4) is 0 Å². The van der Waals surface area contributed by atoms with Crippen molar-refractivity contribution in [2.24, 2.45) is 11.5 Å². The molecular weight excluding hydrogens is 433 g/mol. The van der Waals surface area contributed by atoms with E-state index in [1.54, 1.807) is 0 Å². The maximum absolute atomic E-state index is 12.0. The first-order valence-corrected chi connectivity index (χ1v) is 8.59. The molecule has 0 spiro atoms. The fourth-order valence-electron chi connectivity index (χ4n) is 1.95. The van der Waals surface area contributed by atoms with E-state index < -0.39 is 6.23 Å². The van der Waals surface area contributed by atoms with Gasteiger partial charge in [-0.05, 0) is 45.3 Å². The maximum Gasteiger partial charge on any atom is 0.270 e. The summed E-state index contributed by atoms with van der Waals surface area (Å²) in [6, 6.07) is 0. The Morgan fingerprint density at radius 2 is 1.54 bits per heavy atom. The molecule has 2 amide bonds. The molecule has 0 aliphatic heterocycles. The first kappa shape index (κ1) is 34.5. The van der Waals surface area contributed by atoms with Crippen molar-refractivity contribution < 1.29 is 14.3 Å². The molecule has 0 radical (unpaired) electrons. The number of carbonyl (C=O) groups is 2. The summed E-state index contributed by atoms with van der Waals surface area (Å²) < 4.78 is 5.01. The Morgan fingerprint density at radius 1 is 0.964 bits per heavy atom. The molecule has 0 rings (SSSR count). The lowest BCUT2D eigenvalue weighted by atomic mass is 10.3. The van der Waals surface area contributed by atoms with Crippen molar-refractivity contribution >= 4 is 55.0 Å². The summed E-state index contributed by atoms with van der Waals surface area (Å²) in [5.41, 5.74) is 10.5. The van der Waals surface area contributed by atoms with Gasteiger partial charge in [0.1, 0.15) is 0 Å². The molecule has 10 nitrogen and oxygen atoms in total. The molecule has 0 aromatic rings. The van der Waals surface area contributed by atoms with Crippen molar-refractivity contribution in [1.82, 2.24) is 21.3 Å². The second-order valence-corrected chi connectivity index (χ2v) is 5.52. The lowest BCUT2D eigenvalue weighted by Crippen LogP contribution is -2.48. The van der Waals surface area contributed by atoms with Crippen molar-refractivity contribution in [2.75, 3.05) is 39.8 Å². The van der Waals surface area contributed by atoms with Gasteiger partial charge in [-0.15, -0.1) is 37.2 Å². The Bertz CT molecular complexity index is 407. The Labute approximate surface area is 185 Å². The molecule has 1 unspecified atom stereocenters. The number of halogens is 3. The molecule has 9 N–H and O–H groups in total.